The molecule has 4 rings (SSSR count). The number of alkyl halides is 3. The van der Waals surface area contributed by atoms with Gasteiger partial charge in [0.25, 0.3) is 0 Å². The predicted molar refractivity (Wildman–Crippen MR) is 109 cm³/mol. The van der Waals surface area contributed by atoms with E-state index in [-0.39, 0.29) is 5.82 Å². The molecule has 0 saturated carbocycles. The van der Waals surface area contributed by atoms with Crippen LogP contribution >= 0.6 is 11.8 Å². The van der Waals surface area contributed by atoms with Gasteiger partial charge in [-0.15, -0.1) is 10.2 Å². The summed E-state index contributed by atoms with van der Waals surface area (Å²) < 4.78 is 45.4. The van der Waals surface area contributed by atoms with Crippen LogP contribution in [0.2, 0.25) is 0 Å². The minimum atomic E-state index is -4.38. The van der Waals surface area contributed by atoms with Crippen molar-refractivity contribution in [1.29, 1.82) is 0 Å². The van der Waals surface area contributed by atoms with E-state index in [1.807, 2.05) is 41.8 Å². The maximum atomic E-state index is 12.7. The Morgan fingerprint density at radius 1 is 1.00 bits per heavy atom. The second kappa shape index (κ2) is 8.93. The van der Waals surface area contributed by atoms with Gasteiger partial charge in [0.15, 0.2) is 5.16 Å². The minimum absolute atomic E-state index is 0.242. The lowest BCUT2D eigenvalue weighted by molar-refractivity contribution is -0.137. The zero-order valence-corrected chi connectivity index (χ0v) is 17.3. The minimum Gasteiger partial charge on any atom is -0.338 e. The molecule has 10 heteroatoms. The molecule has 4 aromatic rings. The fourth-order valence-electron chi connectivity index (χ4n) is 3.02. The van der Waals surface area contributed by atoms with E-state index < -0.39 is 11.7 Å². The number of benzene rings is 2. The Kier molecular flexibility index (Phi) is 6.08. The van der Waals surface area contributed by atoms with Crippen molar-refractivity contribution in [3.8, 4) is 11.4 Å². The Morgan fingerprint density at radius 3 is 2.42 bits per heavy atom. The molecule has 0 fully saturated rings. The number of thioether (sulfide) groups is 1. The van der Waals surface area contributed by atoms with Gasteiger partial charge in [0.1, 0.15) is 5.82 Å². The second-order valence-corrected chi connectivity index (χ2v) is 7.62. The SMILES string of the molecule is CCn1c(Cc2ccccc2)nnc1SCc1nc(-c2ccc(C(F)(F)F)cc2)no1. The van der Waals surface area contributed by atoms with E-state index in [4.69, 9.17) is 4.52 Å². The third-order valence-corrected chi connectivity index (χ3v) is 5.53. The van der Waals surface area contributed by atoms with Crippen molar-refractivity contribution in [2.75, 3.05) is 0 Å². The van der Waals surface area contributed by atoms with E-state index in [2.05, 4.69) is 20.3 Å². The predicted octanol–water partition coefficient (Wildman–Crippen LogP) is 5.25. The van der Waals surface area contributed by atoms with Crippen LogP contribution in [-0.2, 0) is 24.9 Å². The van der Waals surface area contributed by atoms with Gasteiger partial charge in [-0.05, 0) is 24.6 Å². The summed E-state index contributed by atoms with van der Waals surface area (Å²) in [5.74, 6) is 1.84. The summed E-state index contributed by atoms with van der Waals surface area (Å²) in [5.41, 5.74) is 0.884. The van der Waals surface area contributed by atoms with Gasteiger partial charge in [-0.25, -0.2) is 0 Å². The van der Waals surface area contributed by atoms with Crippen molar-refractivity contribution in [1.82, 2.24) is 24.9 Å². The fourth-order valence-corrected chi connectivity index (χ4v) is 3.88. The normalized spacial score (nSPS) is 11.7. The summed E-state index contributed by atoms with van der Waals surface area (Å²) in [4.78, 5) is 4.28. The molecule has 0 bridgehead atoms. The van der Waals surface area contributed by atoms with Crippen molar-refractivity contribution in [2.45, 2.75) is 37.0 Å². The highest BCUT2D eigenvalue weighted by Crippen LogP contribution is 2.30. The summed E-state index contributed by atoms with van der Waals surface area (Å²) in [7, 11) is 0. The summed E-state index contributed by atoms with van der Waals surface area (Å²) in [6.07, 6.45) is -3.70. The third kappa shape index (κ3) is 4.96. The molecule has 2 aromatic heterocycles. The molecule has 2 aromatic carbocycles. The van der Waals surface area contributed by atoms with E-state index in [0.29, 0.717) is 23.6 Å². The maximum absolute atomic E-state index is 12.7. The number of hydrogen-bond donors (Lipinski definition) is 0. The van der Waals surface area contributed by atoms with Crippen molar-refractivity contribution >= 4 is 11.8 Å². The molecular weight excluding hydrogens is 427 g/mol. The molecule has 0 saturated heterocycles. The highest BCUT2D eigenvalue weighted by molar-refractivity contribution is 7.98. The van der Waals surface area contributed by atoms with Crippen LogP contribution in [0.25, 0.3) is 11.4 Å². The lowest BCUT2D eigenvalue weighted by atomic mass is 10.1. The number of hydrogen-bond acceptors (Lipinski definition) is 6. The van der Waals surface area contributed by atoms with Gasteiger partial charge in [0.05, 0.1) is 11.3 Å². The summed E-state index contributed by atoms with van der Waals surface area (Å²) in [6, 6.07) is 14.7. The molecule has 0 aliphatic rings. The van der Waals surface area contributed by atoms with Crippen LogP contribution in [0.1, 0.15) is 29.8 Å². The summed E-state index contributed by atoms with van der Waals surface area (Å²) >= 11 is 1.41. The highest BCUT2D eigenvalue weighted by atomic mass is 32.2. The molecule has 0 aliphatic heterocycles. The molecule has 0 atom stereocenters. The maximum Gasteiger partial charge on any atom is 0.416 e. The van der Waals surface area contributed by atoms with Crippen LogP contribution in [0.3, 0.4) is 0 Å². The van der Waals surface area contributed by atoms with Crippen molar-refractivity contribution < 1.29 is 17.7 Å². The third-order valence-electron chi connectivity index (χ3n) is 4.58. The standard InChI is InChI=1S/C21H18F3N5OS/c1-2-29-17(12-14-6-4-3-5-7-14)26-27-20(29)31-13-18-25-19(28-30-18)15-8-10-16(11-9-15)21(22,23)24/h3-11H,2,12-13H2,1H3. The fraction of sp³-hybridized carbons (Fsp3) is 0.238. The quantitative estimate of drug-likeness (QED) is 0.362. The Hall–Kier alpha value is -3.14. The largest absolute Gasteiger partial charge is 0.416 e. The molecule has 31 heavy (non-hydrogen) atoms. The first-order valence-corrected chi connectivity index (χ1v) is 10.5. The molecule has 0 aliphatic carbocycles. The molecule has 160 valence electrons. The van der Waals surface area contributed by atoms with E-state index in [0.717, 1.165) is 35.2 Å². The Morgan fingerprint density at radius 2 is 1.74 bits per heavy atom. The number of nitrogens with zero attached hydrogens (tertiary/aromatic N) is 5. The van der Waals surface area contributed by atoms with Gasteiger partial charge in [-0.1, -0.05) is 59.4 Å². The number of rotatable bonds is 7. The monoisotopic (exact) mass is 445 g/mol. The van der Waals surface area contributed by atoms with Crippen LogP contribution in [-0.4, -0.2) is 24.9 Å². The van der Waals surface area contributed by atoms with Gasteiger partial charge in [-0.3, -0.25) is 0 Å². The second-order valence-electron chi connectivity index (χ2n) is 6.68. The van der Waals surface area contributed by atoms with Gasteiger partial charge in [-0.2, -0.15) is 18.2 Å². The molecule has 0 unspecified atom stereocenters. The number of aromatic nitrogens is 5. The zero-order chi connectivity index (χ0) is 21.8. The summed E-state index contributed by atoms with van der Waals surface area (Å²) in [5, 5.41) is 13.2. The molecule has 0 radical (unpaired) electrons. The Balaban J connectivity index is 1.43. The van der Waals surface area contributed by atoms with Crippen molar-refractivity contribution in [3.05, 3.63) is 77.4 Å². The van der Waals surface area contributed by atoms with Gasteiger partial charge < -0.3 is 9.09 Å². The molecule has 0 N–H and O–H groups in total. The molecule has 0 spiro atoms. The lowest BCUT2D eigenvalue weighted by Crippen LogP contribution is -2.04. The highest BCUT2D eigenvalue weighted by Gasteiger charge is 2.30. The van der Waals surface area contributed by atoms with Gasteiger partial charge in [0.2, 0.25) is 11.7 Å². The molecular formula is C21H18F3N5OS. The first kappa shape index (κ1) is 21.1. The number of halogens is 3. The van der Waals surface area contributed by atoms with Crippen LogP contribution in [0, 0.1) is 0 Å². The van der Waals surface area contributed by atoms with Crippen molar-refractivity contribution in [2.24, 2.45) is 0 Å². The molecule has 6 nitrogen and oxygen atoms in total. The van der Waals surface area contributed by atoms with Crippen molar-refractivity contribution in [3.63, 3.8) is 0 Å². The Labute approximate surface area is 180 Å². The van der Waals surface area contributed by atoms with E-state index in [1.165, 1.54) is 23.9 Å². The van der Waals surface area contributed by atoms with Gasteiger partial charge >= 0.3 is 6.18 Å². The van der Waals surface area contributed by atoms with Gasteiger partial charge in [0, 0.05) is 18.5 Å². The zero-order valence-electron chi connectivity index (χ0n) is 16.5. The van der Waals surface area contributed by atoms with E-state index in [1.54, 1.807) is 0 Å². The smallest absolute Gasteiger partial charge is 0.338 e. The first-order chi connectivity index (χ1) is 14.9. The summed E-state index contributed by atoms with van der Waals surface area (Å²) in [6.45, 7) is 2.75. The van der Waals surface area contributed by atoms with E-state index >= 15 is 0 Å². The molecule has 0 amide bonds. The van der Waals surface area contributed by atoms with Crippen LogP contribution in [0.5, 0.6) is 0 Å². The lowest BCUT2D eigenvalue weighted by Gasteiger charge is -2.06. The Bertz CT molecular complexity index is 1140. The first-order valence-electron chi connectivity index (χ1n) is 9.53. The van der Waals surface area contributed by atoms with Crippen LogP contribution < -0.4 is 0 Å². The van der Waals surface area contributed by atoms with Crippen LogP contribution in [0.15, 0.2) is 64.3 Å². The molecule has 2 heterocycles. The average Bonchev–Trinajstić information content (AvgIpc) is 3.39. The average molecular weight is 445 g/mol. The topological polar surface area (TPSA) is 69.6 Å². The van der Waals surface area contributed by atoms with E-state index in [9.17, 15) is 13.2 Å². The van der Waals surface area contributed by atoms with Crippen LogP contribution in [0.4, 0.5) is 13.2 Å².